The van der Waals surface area contributed by atoms with E-state index in [0.29, 0.717) is 0 Å². The molecular weight excluding hydrogens is 248 g/mol. The Kier molecular flexibility index (Phi) is 4.68. The molecule has 4 heteroatoms. The second kappa shape index (κ2) is 6.26. The first kappa shape index (κ1) is 12.7. The summed E-state index contributed by atoms with van der Waals surface area (Å²) in [6, 6.07) is 8.48. The average molecular weight is 266 g/mol. The normalized spacial score (nSPS) is 14.3. The van der Waals surface area contributed by atoms with Gasteiger partial charge in [0.05, 0.1) is 5.69 Å². The highest BCUT2D eigenvalue weighted by molar-refractivity contribution is 7.99. The Morgan fingerprint density at radius 1 is 1.47 bits per heavy atom. The summed E-state index contributed by atoms with van der Waals surface area (Å²) in [5, 5.41) is 4.21. The van der Waals surface area contributed by atoms with Crippen molar-refractivity contribution in [3.63, 3.8) is 0 Å². The molecule has 1 aromatic carbocycles. The van der Waals surface area contributed by atoms with Crippen LogP contribution in [0.4, 0.5) is 5.69 Å². The molecule has 0 aromatic heterocycles. The van der Waals surface area contributed by atoms with Gasteiger partial charge in [0.25, 0.3) is 0 Å². The van der Waals surface area contributed by atoms with Crippen molar-refractivity contribution >= 4 is 34.8 Å². The van der Waals surface area contributed by atoms with Gasteiger partial charge in [-0.1, -0.05) is 25.5 Å². The Bertz CT molecular complexity index is 393. The molecule has 0 fully saturated rings. The van der Waals surface area contributed by atoms with Crippen molar-refractivity contribution in [1.82, 2.24) is 5.32 Å². The van der Waals surface area contributed by atoms with Crippen molar-refractivity contribution in [2.24, 2.45) is 0 Å². The van der Waals surface area contributed by atoms with Crippen LogP contribution in [-0.4, -0.2) is 24.0 Å². The van der Waals surface area contributed by atoms with E-state index in [4.69, 9.17) is 12.2 Å². The SMILES string of the molecule is CCCCNC(=S)N1CCSc2ccccc21. The Morgan fingerprint density at radius 3 is 3.12 bits per heavy atom. The fourth-order valence-electron chi connectivity index (χ4n) is 1.85. The van der Waals surface area contributed by atoms with Gasteiger partial charge in [-0.15, -0.1) is 11.8 Å². The van der Waals surface area contributed by atoms with Gasteiger partial charge >= 0.3 is 0 Å². The lowest BCUT2D eigenvalue weighted by Crippen LogP contribution is -2.42. The Hall–Kier alpha value is -0.740. The van der Waals surface area contributed by atoms with Crippen LogP contribution in [0.1, 0.15) is 19.8 Å². The van der Waals surface area contributed by atoms with Gasteiger partial charge in [0.15, 0.2) is 5.11 Å². The topological polar surface area (TPSA) is 15.3 Å². The van der Waals surface area contributed by atoms with Crippen LogP contribution in [0.25, 0.3) is 0 Å². The molecule has 0 bridgehead atoms. The van der Waals surface area contributed by atoms with Crippen molar-refractivity contribution in [2.45, 2.75) is 24.7 Å². The summed E-state index contributed by atoms with van der Waals surface area (Å²) < 4.78 is 0. The van der Waals surface area contributed by atoms with Crippen molar-refractivity contribution in [3.8, 4) is 0 Å². The molecule has 0 aliphatic carbocycles. The van der Waals surface area contributed by atoms with Gasteiger partial charge in [-0.3, -0.25) is 0 Å². The second-order valence-electron chi connectivity index (χ2n) is 4.05. The molecule has 0 radical (unpaired) electrons. The zero-order chi connectivity index (χ0) is 12.1. The molecule has 1 N–H and O–H groups in total. The number of hydrogen-bond acceptors (Lipinski definition) is 2. The van der Waals surface area contributed by atoms with Crippen LogP contribution in [-0.2, 0) is 0 Å². The second-order valence-corrected chi connectivity index (χ2v) is 5.58. The van der Waals surface area contributed by atoms with E-state index in [2.05, 4.69) is 41.4 Å². The monoisotopic (exact) mass is 266 g/mol. The predicted octanol–water partition coefficient (Wildman–Crippen LogP) is 3.27. The van der Waals surface area contributed by atoms with E-state index >= 15 is 0 Å². The van der Waals surface area contributed by atoms with Gasteiger partial charge in [-0.05, 0) is 30.8 Å². The van der Waals surface area contributed by atoms with Crippen LogP contribution >= 0.6 is 24.0 Å². The first-order chi connectivity index (χ1) is 8.33. The molecule has 92 valence electrons. The number of hydrogen-bond donors (Lipinski definition) is 1. The number of benzene rings is 1. The highest BCUT2D eigenvalue weighted by Crippen LogP contribution is 2.34. The van der Waals surface area contributed by atoms with Crippen LogP contribution in [0.3, 0.4) is 0 Å². The van der Waals surface area contributed by atoms with E-state index in [0.717, 1.165) is 24.0 Å². The number of nitrogens with one attached hydrogen (secondary N) is 1. The molecule has 0 saturated carbocycles. The van der Waals surface area contributed by atoms with Gasteiger partial charge in [0.1, 0.15) is 0 Å². The predicted molar refractivity (Wildman–Crippen MR) is 80.0 cm³/mol. The summed E-state index contributed by atoms with van der Waals surface area (Å²) in [6.45, 7) is 4.17. The number of thioether (sulfide) groups is 1. The first-order valence-electron chi connectivity index (χ1n) is 6.10. The smallest absolute Gasteiger partial charge is 0.173 e. The highest BCUT2D eigenvalue weighted by atomic mass is 32.2. The third-order valence-electron chi connectivity index (χ3n) is 2.78. The lowest BCUT2D eigenvalue weighted by atomic mass is 10.3. The van der Waals surface area contributed by atoms with Crippen molar-refractivity contribution in [3.05, 3.63) is 24.3 Å². The highest BCUT2D eigenvalue weighted by Gasteiger charge is 2.19. The minimum Gasteiger partial charge on any atom is -0.362 e. The van der Waals surface area contributed by atoms with Crippen molar-refractivity contribution in [1.29, 1.82) is 0 Å². The summed E-state index contributed by atoms with van der Waals surface area (Å²) >= 11 is 7.38. The molecule has 2 rings (SSSR count). The summed E-state index contributed by atoms with van der Waals surface area (Å²) in [5.74, 6) is 1.10. The molecule has 1 heterocycles. The first-order valence-corrected chi connectivity index (χ1v) is 7.49. The fourth-order valence-corrected chi connectivity index (χ4v) is 3.13. The lowest BCUT2D eigenvalue weighted by Gasteiger charge is -2.31. The van der Waals surface area contributed by atoms with Gasteiger partial charge in [0.2, 0.25) is 0 Å². The minimum atomic E-state index is 0.867. The third kappa shape index (κ3) is 3.13. The molecule has 17 heavy (non-hydrogen) atoms. The van der Waals surface area contributed by atoms with Crippen LogP contribution in [0.15, 0.2) is 29.2 Å². The zero-order valence-electron chi connectivity index (χ0n) is 10.1. The fraction of sp³-hybridized carbons (Fsp3) is 0.462. The number of thiocarbonyl (C=S) groups is 1. The van der Waals surface area contributed by atoms with E-state index in [-0.39, 0.29) is 0 Å². The Labute approximate surface area is 113 Å². The molecule has 1 aliphatic heterocycles. The van der Waals surface area contributed by atoms with Gasteiger partial charge in [0, 0.05) is 23.7 Å². The van der Waals surface area contributed by atoms with Crippen LogP contribution in [0.2, 0.25) is 0 Å². The summed E-state index contributed by atoms with van der Waals surface area (Å²) in [4.78, 5) is 3.55. The number of rotatable bonds is 3. The number of nitrogens with zero attached hydrogens (tertiary/aromatic N) is 1. The lowest BCUT2D eigenvalue weighted by molar-refractivity contribution is 0.750. The number of anilines is 1. The molecule has 1 aliphatic rings. The molecule has 0 saturated heterocycles. The van der Waals surface area contributed by atoms with Crippen LogP contribution in [0, 0.1) is 0 Å². The zero-order valence-corrected chi connectivity index (χ0v) is 11.7. The number of para-hydroxylation sites is 1. The Balaban J connectivity index is 2.05. The van der Waals surface area contributed by atoms with Crippen LogP contribution in [0.5, 0.6) is 0 Å². The van der Waals surface area contributed by atoms with E-state index in [1.807, 2.05) is 11.8 Å². The largest absolute Gasteiger partial charge is 0.362 e. The third-order valence-corrected chi connectivity index (χ3v) is 4.19. The Morgan fingerprint density at radius 2 is 2.29 bits per heavy atom. The minimum absolute atomic E-state index is 0.867. The molecule has 2 nitrogen and oxygen atoms in total. The quantitative estimate of drug-likeness (QED) is 0.667. The molecule has 0 spiro atoms. The molecule has 1 aromatic rings. The standard InChI is InChI=1S/C13H18N2S2/c1-2-3-8-14-13(16)15-9-10-17-12-7-5-4-6-11(12)15/h4-7H,2-3,8-10H2,1H3,(H,14,16). The van der Waals surface area contributed by atoms with Crippen molar-refractivity contribution in [2.75, 3.05) is 23.7 Å². The maximum absolute atomic E-state index is 5.47. The van der Waals surface area contributed by atoms with Crippen molar-refractivity contribution < 1.29 is 0 Å². The number of fused-ring (bicyclic) bond motifs is 1. The van der Waals surface area contributed by atoms with Crippen LogP contribution < -0.4 is 10.2 Å². The average Bonchev–Trinajstić information content (AvgIpc) is 2.38. The van der Waals surface area contributed by atoms with E-state index < -0.39 is 0 Å². The maximum atomic E-state index is 5.47. The molecule has 0 unspecified atom stereocenters. The summed E-state index contributed by atoms with van der Waals surface area (Å²) in [5.41, 5.74) is 1.25. The maximum Gasteiger partial charge on any atom is 0.173 e. The van der Waals surface area contributed by atoms with Gasteiger partial charge < -0.3 is 10.2 Å². The summed E-state index contributed by atoms with van der Waals surface area (Å²) in [7, 11) is 0. The van der Waals surface area contributed by atoms with Gasteiger partial charge in [-0.2, -0.15) is 0 Å². The van der Waals surface area contributed by atoms with Gasteiger partial charge in [-0.25, -0.2) is 0 Å². The number of unbranched alkanes of at least 4 members (excludes halogenated alkanes) is 1. The van der Waals surface area contributed by atoms with E-state index in [9.17, 15) is 0 Å². The molecule has 0 atom stereocenters. The van der Waals surface area contributed by atoms with E-state index in [1.54, 1.807) is 0 Å². The summed E-state index contributed by atoms with van der Waals surface area (Å²) in [6.07, 6.45) is 2.37. The molecule has 0 amide bonds. The van der Waals surface area contributed by atoms with E-state index in [1.165, 1.54) is 23.4 Å². The molecular formula is C13H18N2S2.